The first kappa shape index (κ1) is 17.0. The highest BCUT2D eigenvalue weighted by Gasteiger charge is 2.24. The largest absolute Gasteiger partial charge is 0.326 e. The Bertz CT molecular complexity index is 615. The third kappa shape index (κ3) is 3.86. The van der Waals surface area contributed by atoms with Crippen molar-refractivity contribution in [2.45, 2.75) is 26.3 Å². The lowest BCUT2D eigenvalue weighted by Gasteiger charge is -2.19. The van der Waals surface area contributed by atoms with Gasteiger partial charge in [-0.25, -0.2) is 0 Å². The van der Waals surface area contributed by atoms with Gasteiger partial charge in [0.2, 0.25) is 7.37 Å². The van der Waals surface area contributed by atoms with Gasteiger partial charge in [-0.2, -0.15) is 0 Å². The van der Waals surface area contributed by atoms with Crippen LogP contribution in [0.15, 0.2) is 54.6 Å². The fourth-order valence-corrected chi connectivity index (χ4v) is 4.68. The molecule has 2 atom stereocenters. The quantitative estimate of drug-likeness (QED) is 0.783. The zero-order chi connectivity index (χ0) is 16.0. The summed E-state index contributed by atoms with van der Waals surface area (Å²) in [6.07, 6.45) is 1.41. The molecule has 2 N–H and O–H groups in total. The molecule has 0 saturated heterocycles. The highest BCUT2D eigenvalue weighted by Crippen LogP contribution is 2.46. The lowest BCUT2D eigenvalue weighted by molar-refractivity contribution is 0.340. The molecule has 0 radical (unpaired) electrons. The van der Waals surface area contributed by atoms with Crippen LogP contribution in [0.5, 0.6) is 0 Å². The predicted octanol–water partition coefficient (Wildman–Crippen LogP) is 4.08. The molecule has 2 rings (SSSR count). The van der Waals surface area contributed by atoms with Crippen LogP contribution in [0.4, 0.5) is 0 Å². The van der Waals surface area contributed by atoms with Gasteiger partial charge >= 0.3 is 0 Å². The van der Waals surface area contributed by atoms with E-state index in [1.807, 2.05) is 68.4 Å². The molecular weight excluding hydrogens is 293 g/mol. The van der Waals surface area contributed by atoms with Crippen LogP contribution in [0.2, 0.25) is 0 Å². The lowest BCUT2D eigenvalue weighted by Crippen LogP contribution is -2.14. The molecule has 0 aliphatic rings. The molecule has 0 amide bonds. The molecule has 22 heavy (non-hydrogen) atoms. The van der Waals surface area contributed by atoms with Crippen molar-refractivity contribution < 1.29 is 9.09 Å². The van der Waals surface area contributed by atoms with Gasteiger partial charge in [0.15, 0.2) is 0 Å². The Morgan fingerprint density at radius 1 is 1.00 bits per heavy atom. The Labute approximate surface area is 133 Å². The first-order valence-electron chi connectivity index (χ1n) is 7.75. The fourth-order valence-electron chi connectivity index (χ4n) is 2.53. The third-order valence-corrected chi connectivity index (χ3v) is 6.46. The second-order valence-corrected chi connectivity index (χ2v) is 7.86. The van der Waals surface area contributed by atoms with E-state index in [1.54, 1.807) is 0 Å². The van der Waals surface area contributed by atoms with Crippen molar-refractivity contribution in [3.63, 3.8) is 0 Å². The second-order valence-electron chi connectivity index (χ2n) is 5.29. The van der Waals surface area contributed by atoms with Crippen molar-refractivity contribution in [3.8, 4) is 0 Å². The first-order chi connectivity index (χ1) is 10.6. The van der Waals surface area contributed by atoms with E-state index >= 15 is 0 Å². The first-order valence-corrected chi connectivity index (χ1v) is 9.56. The Kier molecular flexibility index (Phi) is 5.96. The van der Waals surface area contributed by atoms with Gasteiger partial charge in [0.05, 0.1) is 12.6 Å². The lowest BCUT2D eigenvalue weighted by atomic mass is 10.00. The van der Waals surface area contributed by atoms with Crippen LogP contribution in [0.3, 0.4) is 0 Å². The van der Waals surface area contributed by atoms with Crippen LogP contribution in [-0.4, -0.2) is 12.8 Å². The molecule has 4 heteroatoms. The molecule has 3 nitrogen and oxygen atoms in total. The van der Waals surface area contributed by atoms with Crippen LogP contribution in [-0.2, 0) is 9.09 Å². The van der Waals surface area contributed by atoms with Crippen molar-refractivity contribution in [1.82, 2.24) is 0 Å². The molecule has 0 saturated carbocycles. The number of hydrogen-bond acceptors (Lipinski definition) is 3. The van der Waals surface area contributed by atoms with Crippen LogP contribution in [0, 0.1) is 0 Å². The van der Waals surface area contributed by atoms with E-state index < -0.39 is 7.37 Å². The standard InChI is InChI=1S/C18H24NO2P/c1-3-14-22(20,21-4-2)17-12-10-16(11-13-17)18(19)15-8-6-5-7-9-15/h5-13,18H,3-4,14,19H2,1-2H3. The molecule has 0 aliphatic heterocycles. The highest BCUT2D eigenvalue weighted by molar-refractivity contribution is 7.67. The summed E-state index contributed by atoms with van der Waals surface area (Å²) in [7, 11) is -2.73. The summed E-state index contributed by atoms with van der Waals surface area (Å²) >= 11 is 0. The smallest absolute Gasteiger partial charge is 0.232 e. The minimum absolute atomic E-state index is 0.173. The number of nitrogens with two attached hydrogens (primary N) is 1. The maximum Gasteiger partial charge on any atom is 0.232 e. The van der Waals surface area contributed by atoms with Gasteiger partial charge in [-0.05, 0) is 36.6 Å². The maximum atomic E-state index is 12.9. The molecule has 0 spiro atoms. The summed E-state index contributed by atoms with van der Waals surface area (Å²) < 4.78 is 18.5. The Morgan fingerprint density at radius 3 is 2.14 bits per heavy atom. The second kappa shape index (κ2) is 7.73. The molecule has 2 aromatic rings. The molecule has 0 aromatic heterocycles. The molecule has 2 unspecified atom stereocenters. The monoisotopic (exact) mass is 317 g/mol. The summed E-state index contributed by atoms with van der Waals surface area (Å²) in [6.45, 7) is 4.36. The zero-order valence-electron chi connectivity index (χ0n) is 13.2. The minimum atomic E-state index is -2.73. The fraction of sp³-hybridized carbons (Fsp3) is 0.333. The summed E-state index contributed by atoms with van der Waals surface area (Å²) in [6, 6.07) is 17.5. The third-order valence-electron chi connectivity index (χ3n) is 3.66. The molecule has 2 aromatic carbocycles. The van der Waals surface area contributed by atoms with Gasteiger partial charge < -0.3 is 10.3 Å². The summed E-state index contributed by atoms with van der Waals surface area (Å²) in [5.74, 6) is 0. The van der Waals surface area contributed by atoms with E-state index in [2.05, 4.69) is 0 Å². The Morgan fingerprint density at radius 2 is 1.59 bits per heavy atom. The van der Waals surface area contributed by atoms with Gasteiger partial charge in [0.1, 0.15) is 0 Å². The maximum absolute atomic E-state index is 12.9. The van der Waals surface area contributed by atoms with Crippen LogP contribution >= 0.6 is 7.37 Å². The summed E-state index contributed by atoms with van der Waals surface area (Å²) in [4.78, 5) is 0. The van der Waals surface area contributed by atoms with E-state index in [-0.39, 0.29) is 6.04 Å². The Hall–Kier alpha value is -1.41. The molecule has 0 fully saturated rings. The molecule has 0 aliphatic carbocycles. The summed E-state index contributed by atoms with van der Waals surface area (Å²) in [5, 5.41) is 0.778. The van der Waals surface area contributed by atoms with E-state index in [1.165, 1.54) is 0 Å². The number of hydrogen-bond donors (Lipinski definition) is 1. The summed E-state index contributed by atoms with van der Waals surface area (Å²) in [5.41, 5.74) is 8.37. The van der Waals surface area contributed by atoms with Gasteiger partial charge in [-0.15, -0.1) is 0 Å². The van der Waals surface area contributed by atoms with Crippen molar-refractivity contribution in [2.75, 3.05) is 12.8 Å². The van der Waals surface area contributed by atoms with Gasteiger partial charge in [0.25, 0.3) is 0 Å². The SMILES string of the molecule is CCCP(=O)(OCC)c1ccc(C(N)c2ccccc2)cc1. The predicted molar refractivity (Wildman–Crippen MR) is 92.9 cm³/mol. The van der Waals surface area contributed by atoms with Crippen LogP contribution < -0.4 is 11.0 Å². The highest BCUT2D eigenvalue weighted by atomic mass is 31.2. The van der Waals surface area contributed by atoms with Crippen LogP contribution in [0.1, 0.15) is 37.4 Å². The van der Waals surface area contributed by atoms with E-state index in [0.29, 0.717) is 12.8 Å². The minimum Gasteiger partial charge on any atom is -0.326 e. The Balaban J connectivity index is 2.24. The van der Waals surface area contributed by atoms with E-state index in [0.717, 1.165) is 22.9 Å². The van der Waals surface area contributed by atoms with Crippen molar-refractivity contribution in [3.05, 3.63) is 65.7 Å². The molecule has 0 bridgehead atoms. The van der Waals surface area contributed by atoms with E-state index in [4.69, 9.17) is 10.3 Å². The van der Waals surface area contributed by atoms with Gasteiger partial charge in [-0.3, -0.25) is 4.57 Å². The zero-order valence-corrected chi connectivity index (χ0v) is 14.1. The normalized spacial score (nSPS) is 15.2. The average Bonchev–Trinajstić information content (AvgIpc) is 2.55. The van der Waals surface area contributed by atoms with Gasteiger partial charge in [-0.1, -0.05) is 49.4 Å². The number of rotatable bonds is 7. The van der Waals surface area contributed by atoms with Crippen molar-refractivity contribution in [1.29, 1.82) is 0 Å². The van der Waals surface area contributed by atoms with Crippen molar-refractivity contribution in [2.24, 2.45) is 5.73 Å². The van der Waals surface area contributed by atoms with Crippen molar-refractivity contribution >= 4 is 12.7 Å². The number of benzene rings is 2. The average molecular weight is 317 g/mol. The topological polar surface area (TPSA) is 52.3 Å². The van der Waals surface area contributed by atoms with E-state index in [9.17, 15) is 4.57 Å². The molecule has 0 heterocycles. The molecule has 118 valence electrons. The molecular formula is C18H24NO2P. The van der Waals surface area contributed by atoms with Gasteiger partial charge in [0, 0.05) is 11.5 Å². The van der Waals surface area contributed by atoms with Crippen LogP contribution in [0.25, 0.3) is 0 Å².